The van der Waals surface area contributed by atoms with Crippen molar-refractivity contribution < 1.29 is 4.74 Å². The molecule has 4 heteroatoms. The van der Waals surface area contributed by atoms with Gasteiger partial charge in [-0.25, -0.2) is 0 Å². The van der Waals surface area contributed by atoms with Gasteiger partial charge in [0.1, 0.15) is 5.75 Å². The fourth-order valence-electron chi connectivity index (χ4n) is 1.95. The summed E-state index contributed by atoms with van der Waals surface area (Å²) in [7, 11) is 0. The Hall–Kier alpha value is -1.97. The molecule has 2 nitrogen and oxygen atoms in total. The number of thiophene rings is 1. The third-order valence-corrected chi connectivity index (χ3v) is 4.17. The van der Waals surface area contributed by atoms with Crippen molar-refractivity contribution in [3.8, 4) is 11.5 Å². The molecule has 1 aromatic heterocycles. The van der Waals surface area contributed by atoms with E-state index < -0.39 is 0 Å². The van der Waals surface area contributed by atoms with Crippen LogP contribution >= 0.6 is 22.9 Å². The third kappa shape index (κ3) is 3.78. The van der Waals surface area contributed by atoms with E-state index in [1.54, 1.807) is 11.3 Å². The molecule has 0 atom stereocenters. The van der Waals surface area contributed by atoms with Gasteiger partial charge in [0.2, 0.25) is 0 Å². The Bertz CT molecular complexity index is 712. The maximum Gasteiger partial charge on any atom is 0.150 e. The van der Waals surface area contributed by atoms with E-state index in [-0.39, 0.29) is 0 Å². The summed E-state index contributed by atoms with van der Waals surface area (Å²) >= 11 is 7.53. The molecule has 0 saturated heterocycles. The SMILES string of the molecule is Clc1ccc(CNc2ccccc2Oc2ccccc2)s1. The van der Waals surface area contributed by atoms with Gasteiger partial charge >= 0.3 is 0 Å². The van der Waals surface area contributed by atoms with Gasteiger partial charge in [-0.05, 0) is 36.4 Å². The first-order chi connectivity index (χ1) is 10.3. The maximum absolute atomic E-state index is 5.95. The summed E-state index contributed by atoms with van der Waals surface area (Å²) in [5, 5.41) is 3.39. The van der Waals surface area contributed by atoms with E-state index >= 15 is 0 Å². The van der Waals surface area contributed by atoms with Crippen molar-refractivity contribution >= 4 is 28.6 Å². The predicted molar refractivity (Wildman–Crippen MR) is 89.6 cm³/mol. The molecular weight excluding hydrogens is 302 g/mol. The first kappa shape index (κ1) is 14.0. The highest BCUT2D eigenvalue weighted by molar-refractivity contribution is 7.16. The van der Waals surface area contributed by atoms with Gasteiger partial charge in [-0.3, -0.25) is 0 Å². The quantitative estimate of drug-likeness (QED) is 0.642. The number of ether oxygens (including phenoxy) is 1. The van der Waals surface area contributed by atoms with Crippen molar-refractivity contribution in [1.29, 1.82) is 0 Å². The van der Waals surface area contributed by atoms with Crippen LogP contribution in [0.5, 0.6) is 11.5 Å². The number of hydrogen-bond donors (Lipinski definition) is 1. The largest absolute Gasteiger partial charge is 0.455 e. The minimum absolute atomic E-state index is 0.729. The number of rotatable bonds is 5. The fraction of sp³-hybridized carbons (Fsp3) is 0.0588. The lowest BCUT2D eigenvalue weighted by Gasteiger charge is -2.12. The number of nitrogens with one attached hydrogen (secondary N) is 1. The monoisotopic (exact) mass is 315 g/mol. The molecule has 0 amide bonds. The molecule has 106 valence electrons. The maximum atomic E-state index is 5.95. The number of para-hydroxylation sites is 3. The summed E-state index contributed by atoms with van der Waals surface area (Å²) in [5.41, 5.74) is 0.964. The number of anilines is 1. The summed E-state index contributed by atoms with van der Waals surface area (Å²) in [4.78, 5) is 1.19. The number of benzene rings is 2. The molecule has 0 aliphatic heterocycles. The Labute approximate surface area is 133 Å². The second-order valence-corrected chi connectivity index (χ2v) is 6.27. The zero-order valence-electron chi connectivity index (χ0n) is 11.3. The zero-order chi connectivity index (χ0) is 14.5. The summed E-state index contributed by atoms with van der Waals surface area (Å²) < 4.78 is 6.72. The highest BCUT2D eigenvalue weighted by atomic mass is 35.5. The molecule has 0 saturated carbocycles. The topological polar surface area (TPSA) is 21.3 Å². The van der Waals surface area contributed by atoms with E-state index in [9.17, 15) is 0 Å². The van der Waals surface area contributed by atoms with E-state index in [0.29, 0.717) is 0 Å². The lowest BCUT2D eigenvalue weighted by atomic mass is 10.3. The Morgan fingerprint density at radius 3 is 2.43 bits per heavy atom. The van der Waals surface area contributed by atoms with Crippen molar-refractivity contribution in [1.82, 2.24) is 0 Å². The molecule has 0 aliphatic carbocycles. The molecule has 0 fully saturated rings. The molecule has 0 bridgehead atoms. The average molecular weight is 316 g/mol. The molecule has 1 heterocycles. The molecule has 21 heavy (non-hydrogen) atoms. The van der Waals surface area contributed by atoms with E-state index in [2.05, 4.69) is 5.32 Å². The second-order valence-electron chi connectivity index (χ2n) is 4.47. The van der Waals surface area contributed by atoms with Crippen LogP contribution in [0.1, 0.15) is 4.88 Å². The van der Waals surface area contributed by atoms with Crippen LogP contribution in [0.25, 0.3) is 0 Å². The van der Waals surface area contributed by atoms with Crippen LogP contribution in [0.3, 0.4) is 0 Å². The van der Waals surface area contributed by atoms with E-state index in [0.717, 1.165) is 28.1 Å². The van der Waals surface area contributed by atoms with E-state index in [4.69, 9.17) is 16.3 Å². The van der Waals surface area contributed by atoms with Crippen molar-refractivity contribution in [2.24, 2.45) is 0 Å². The predicted octanol–water partition coefficient (Wildman–Crippen LogP) is 5.81. The van der Waals surface area contributed by atoms with Gasteiger partial charge in [-0.1, -0.05) is 41.9 Å². The first-order valence-corrected chi connectivity index (χ1v) is 7.81. The van der Waals surface area contributed by atoms with Gasteiger partial charge in [0.05, 0.1) is 10.0 Å². The van der Waals surface area contributed by atoms with Crippen molar-refractivity contribution in [3.63, 3.8) is 0 Å². The minimum atomic E-state index is 0.729. The summed E-state index contributed by atoms with van der Waals surface area (Å²) in [6, 6.07) is 21.6. The van der Waals surface area contributed by atoms with Crippen LogP contribution < -0.4 is 10.1 Å². The highest BCUT2D eigenvalue weighted by Gasteiger charge is 2.05. The molecular formula is C17H14ClNOS. The Morgan fingerprint density at radius 2 is 1.67 bits per heavy atom. The molecule has 0 aliphatic rings. The van der Waals surface area contributed by atoms with Gasteiger partial charge in [-0.15, -0.1) is 11.3 Å². The zero-order valence-corrected chi connectivity index (χ0v) is 12.8. The normalized spacial score (nSPS) is 10.3. The van der Waals surface area contributed by atoms with Gasteiger partial charge in [0.15, 0.2) is 5.75 Å². The summed E-state index contributed by atoms with van der Waals surface area (Å²) in [6.45, 7) is 0.729. The molecule has 1 N–H and O–H groups in total. The number of hydrogen-bond acceptors (Lipinski definition) is 3. The van der Waals surface area contributed by atoms with Gasteiger partial charge < -0.3 is 10.1 Å². The first-order valence-electron chi connectivity index (χ1n) is 6.61. The van der Waals surface area contributed by atoms with Gasteiger partial charge in [-0.2, -0.15) is 0 Å². The van der Waals surface area contributed by atoms with E-state index in [1.807, 2.05) is 66.7 Å². The van der Waals surface area contributed by atoms with Crippen LogP contribution in [0.2, 0.25) is 4.34 Å². The summed E-state index contributed by atoms with van der Waals surface area (Å²) in [6.07, 6.45) is 0. The standard InChI is InChI=1S/C17H14ClNOS/c18-17-11-10-14(21-17)12-19-15-8-4-5-9-16(15)20-13-6-2-1-3-7-13/h1-11,19H,12H2. The smallest absolute Gasteiger partial charge is 0.150 e. The van der Waals surface area contributed by atoms with E-state index in [1.165, 1.54) is 4.88 Å². The number of halogens is 1. The Morgan fingerprint density at radius 1 is 0.905 bits per heavy atom. The Balaban J connectivity index is 1.73. The molecule has 0 spiro atoms. The van der Waals surface area contributed by atoms with Gasteiger partial charge in [0.25, 0.3) is 0 Å². The van der Waals surface area contributed by atoms with Gasteiger partial charge in [0, 0.05) is 11.4 Å². The second kappa shape index (κ2) is 6.66. The van der Waals surface area contributed by atoms with Crippen LogP contribution in [0.15, 0.2) is 66.7 Å². The lowest BCUT2D eigenvalue weighted by molar-refractivity contribution is 0.484. The summed E-state index contributed by atoms with van der Waals surface area (Å²) in [5.74, 6) is 1.64. The molecule has 3 aromatic rings. The fourth-order valence-corrected chi connectivity index (χ4v) is 2.97. The highest BCUT2D eigenvalue weighted by Crippen LogP contribution is 2.30. The molecule has 2 aromatic carbocycles. The minimum Gasteiger partial charge on any atom is -0.455 e. The third-order valence-electron chi connectivity index (χ3n) is 2.94. The molecule has 0 unspecified atom stereocenters. The lowest BCUT2D eigenvalue weighted by Crippen LogP contribution is -1.99. The molecule has 0 radical (unpaired) electrons. The average Bonchev–Trinajstić information content (AvgIpc) is 2.93. The van der Waals surface area contributed by atoms with Crippen molar-refractivity contribution in [3.05, 3.63) is 75.9 Å². The Kier molecular flexibility index (Phi) is 4.43. The van der Waals surface area contributed by atoms with Crippen LogP contribution in [0.4, 0.5) is 5.69 Å². The van der Waals surface area contributed by atoms with Crippen LogP contribution in [-0.2, 0) is 6.54 Å². The van der Waals surface area contributed by atoms with Crippen molar-refractivity contribution in [2.45, 2.75) is 6.54 Å². The van der Waals surface area contributed by atoms with Crippen molar-refractivity contribution in [2.75, 3.05) is 5.32 Å². The molecule has 3 rings (SSSR count). The van der Waals surface area contributed by atoms with Crippen LogP contribution in [-0.4, -0.2) is 0 Å². The van der Waals surface area contributed by atoms with Crippen LogP contribution in [0, 0.1) is 0 Å².